The van der Waals surface area contributed by atoms with E-state index in [-0.39, 0.29) is 0 Å². The van der Waals surface area contributed by atoms with Crippen LogP contribution in [0.15, 0.2) is 18.5 Å². The van der Waals surface area contributed by atoms with Gasteiger partial charge in [-0.15, -0.1) is 10.2 Å². The van der Waals surface area contributed by atoms with Crippen LogP contribution in [0.1, 0.15) is 22.8 Å². The molecule has 5 heteroatoms. The third-order valence-electron chi connectivity index (χ3n) is 2.92. The van der Waals surface area contributed by atoms with Gasteiger partial charge in [0.25, 0.3) is 0 Å². The molecule has 90 valence electrons. The van der Waals surface area contributed by atoms with E-state index in [1.165, 1.54) is 11.1 Å². The topological polar surface area (TPSA) is 55.6 Å². The predicted octanol–water partition coefficient (Wildman–Crippen LogP) is 1.12. The zero-order chi connectivity index (χ0) is 12.3. The molecule has 2 aromatic heterocycles. The molecule has 0 spiro atoms. The van der Waals surface area contributed by atoms with E-state index in [0.717, 1.165) is 24.7 Å². The Morgan fingerprint density at radius 2 is 2.06 bits per heavy atom. The standard InChI is InChI=1S/C12H17N5/c1-9-6-13-5-4-11(9)7-14-8-12-16-15-10(2)17(12)3/h4-6,14H,7-8H2,1-3H3. The molecule has 0 radical (unpaired) electrons. The lowest BCUT2D eigenvalue weighted by Gasteiger charge is -2.07. The molecule has 17 heavy (non-hydrogen) atoms. The van der Waals surface area contributed by atoms with Crippen LogP contribution in [0.5, 0.6) is 0 Å². The summed E-state index contributed by atoms with van der Waals surface area (Å²) in [6.45, 7) is 5.55. The summed E-state index contributed by atoms with van der Waals surface area (Å²) in [5, 5.41) is 11.5. The van der Waals surface area contributed by atoms with Crippen molar-refractivity contribution in [1.82, 2.24) is 25.1 Å². The van der Waals surface area contributed by atoms with Crippen molar-refractivity contribution in [3.05, 3.63) is 41.2 Å². The number of nitrogens with zero attached hydrogens (tertiary/aromatic N) is 4. The van der Waals surface area contributed by atoms with Crippen LogP contribution in [0.3, 0.4) is 0 Å². The molecular weight excluding hydrogens is 214 g/mol. The predicted molar refractivity (Wildman–Crippen MR) is 65.3 cm³/mol. The maximum atomic E-state index is 4.11. The Labute approximate surface area is 101 Å². The summed E-state index contributed by atoms with van der Waals surface area (Å²) in [4.78, 5) is 4.07. The second kappa shape index (κ2) is 5.05. The van der Waals surface area contributed by atoms with Crippen molar-refractivity contribution < 1.29 is 0 Å². The molecule has 0 aromatic carbocycles. The zero-order valence-corrected chi connectivity index (χ0v) is 10.4. The first kappa shape index (κ1) is 11.7. The van der Waals surface area contributed by atoms with Gasteiger partial charge in [-0.1, -0.05) is 0 Å². The molecule has 0 atom stereocenters. The van der Waals surface area contributed by atoms with Gasteiger partial charge in [0.05, 0.1) is 6.54 Å². The molecule has 1 N–H and O–H groups in total. The number of hydrogen-bond donors (Lipinski definition) is 1. The largest absolute Gasteiger partial charge is 0.317 e. The van der Waals surface area contributed by atoms with E-state index < -0.39 is 0 Å². The molecule has 0 saturated carbocycles. The molecule has 0 fully saturated rings. The highest BCUT2D eigenvalue weighted by molar-refractivity contribution is 5.21. The highest BCUT2D eigenvalue weighted by atomic mass is 15.3. The molecule has 2 aromatic rings. The van der Waals surface area contributed by atoms with Crippen molar-refractivity contribution >= 4 is 0 Å². The molecule has 0 bridgehead atoms. The summed E-state index contributed by atoms with van der Waals surface area (Å²) in [6.07, 6.45) is 3.69. The molecule has 0 unspecified atom stereocenters. The molecule has 5 nitrogen and oxygen atoms in total. The lowest BCUT2D eigenvalue weighted by atomic mass is 10.1. The van der Waals surface area contributed by atoms with Crippen molar-refractivity contribution in [2.24, 2.45) is 7.05 Å². The van der Waals surface area contributed by atoms with Gasteiger partial charge < -0.3 is 9.88 Å². The molecular formula is C12H17N5. The zero-order valence-electron chi connectivity index (χ0n) is 10.4. The number of hydrogen-bond acceptors (Lipinski definition) is 4. The first-order chi connectivity index (χ1) is 8.18. The van der Waals surface area contributed by atoms with Gasteiger partial charge in [0.2, 0.25) is 0 Å². The minimum absolute atomic E-state index is 0.721. The minimum atomic E-state index is 0.721. The summed E-state index contributed by atoms with van der Waals surface area (Å²) < 4.78 is 1.99. The van der Waals surface area contributed by atoms with Gasteiger partial charge in [-0.05, 0) is 31.0 Å². The smallest absolute Gasteiger partial charge is 0.146 e. The van der Waals surface area contributed by atoms with Crippen LogP contribution in [0.4, 0.5) is 0 Å². The van der Waals surface area contributed by atoms with Gasteiger partial charge >= 0.3 is 0 Å². The average molecular weight is 231 g/mol. The van der Waals surface area contributed by atoms with Crippen LogP contribution >= 0.6 is 0 Å². The minimum Gasteiger partial charge on any atom is -0.317 e. The van der Waals surface area contributed by atoms with Gasteiger partial charge in [-0.25, -0.2) is 0 Å². The lowest BCUT2D eigenvalue weighted by molar-refractivity contribution is 0.632. The highest BCUT2D eigenvalue weighted by Gasteiger charge is 2.04. The Bertz CT molecular complexity index is 503. The van der Waals surface area contributed by atoms with Crippen LogP contribution < -0.4 is 5.32 Å². The summed E-state index contributed by atoms with van der Waals surface area (Å²) in [5.41, 5.74) is 2.47. The fourth-order valence-electron chi connectivity index (χ4n) is 1.61. The first-order valence-electron chi connectivity index (χ1n) is 5.63. The summed E-state index contributed by atoms with van der Waals surface area (Å²) in [6, 6.07) is 2.03. The van der Waals surface area contributed by atoms with Gasteiger partial charge in [0.15, 0.2) is 0 Å². The molecule has 0 aliphatic carbocycles. The summed E-state index contributed by atoms with van der Waals surface area (Å²) in [7, 11) is 1.98. The average Bonchev–Trinajstić information content (AvgIpc) is 2.63. The number of pyridine rings is 1. The van der Waals surface area contributed by atoms with Gasteiger partial charge in [0, 0.05) is 26.0 Å². The van der Waals surface area contributed by atoms with E-state index in [0.29, 0.717) is 0 Å². The van der Waals surface area contributed by atoms with E-state index in [4.69, 9.17) is 0 Å². The SMILES string of the molecule is Cc1cnccc1CNCc1nnc(C)n1C. The van der Waals surface area contributed by atoms with Crippen LogP contribution in [-0.2, 0) is 20.1 Å². The summed E-state index contributed by atoms with van der Waals surface area (Å²) in [5.74, 6) is 1.89. The number of rotatable bonds is 4. The van der Waals surface area contributed by atoms with E-state index in [9.17, 15) is 0 Å². The van der Waals surface area contributed by atoms with E-state index in [2.05, 4.69) is 27.4 Å². The third kappa shape index (κ3) is 2.68. The van der Waals surface area contributed by atoms with Crippen LogP contribution in [0.25, 0.3) is 0 Å². The molecule has 0 aliphatic rings. The fraction of sp³-hybridized carbons (Fsp3) is 0.417. The molecule has 0 amide bonds. The van der Waals surface area contributed by atoms with E-state index in [1.54, 1.807) is 0 Å². The quantitative estimate of drug-likeness (QED) is 0.856. The van der Waals surface area contributed by atoms with Crippen LogP contribution in [0, 0.1) is 13.8 Å². The van der Waals surface area contributed by atoms with Crippen molar-refractivity contribution in [3.8, 4) is 0 Å². The Balaban J connectivity index is 1.92. The van der Waals surface area contributed by atoms with E-state index in [1.807, 2.05) is 37.0 Å². The Morgan fingerprint density at radius 3 is 2.71 bits per heavy atom. The van der Waals surface area contributed by atoms with Crippen LogP contribution in [-0.4, -0.2) is 19.7 Å². The monoisotopic (exact) mass is 231 g/mol. The highest BCUT2D eigenvalue weighted by Crippen LogP contribution is 2.04. The first-order valence-corrected chi connectivity index (χ1v) is 5.63. The maximum Gasteiger partial charge on any atom is 0.146 e. The normalized spacial score (nSPS) is 10.8. The Kier molecular flexibility index (Phi) is 3.49. The van der Waals surface area contributed by atoms with Crippen molar-refractivity contribution in [3.63, 3.8) is 0 Å². The van der Waals surface area contributed by atoms with Crippen molar-refractivity contribution in [2.45, 2.75) is 26.9 Å². The molecule has 2 rings (SSSR count). The van der Waals surface area contributed by atoms with Gasteiger partial charge in [0.1, 0.15) is 11.6 Å². The Morgan fingerprint density at radius 1 is 1.24 bits per heavy atom. The second-order valence-electron chi connectivity index (χ2n) is 4.13. The van der Waals surface area contributed by atoms with Gasteiger partial charge in [-0.3, -0.25) is 4.98 Å². The van der Waals surface area contributed by atoms with Gasteiger partial charge in [-0.2, -0.15) is 0 Å². The van der Waals surface area contributed by atoms with E-state index >= 15 is 0 Å². The molecule has 2 heterocycles. The lowest BCUT2D eigenvalue weighted by Crippen LogP contribution is -2.16. The fourth-order valence-corrected chi connectivity index (χ4v) is 1.61. The second-order valence-corrected chi connectivity index (χ2v) is 4.13. The maximum absolute atomic E-state index is 4.11. The summed E-state index contributed by atoms with van der Waals surface area (Å²) >= 11 is 0. The van der Waals surface area contributed by atoms with Crippen LogP contribution in [0.2, 0.25) is 0 Å². The van der Waals surface area contributed by atoms with Crippen molar-refractivity contribution in [1.29, 1.82) is 0 Å². The number of aromatic nitrogens is 4. The molecule has 0 aliphatic heterocycles. The Hall–Kier alpha value is -1.75. The number of aryl methyl sites for hydroxylation is 2. The molecule has 0 saturated heterocycles. The third-order valence-corrected chi connectivity index (χ3v) is 2.92. The number of nitrogens with one attached hydrogen (secondary N) is 1. The van der Waals surface area contributed by atoms with Crippen molar-refractivity contribution in [2.75, 3.05) is 0 Å².